The lowest BCUT2D eigenvalue weighted by atomic mass is 10.0. The fourth-order valence-electron chi connectivity index (χ4n) is 1.48. The third-order valence-electron chi connectivity index (χ3n) is 2.47. The predicted molar refractivity (Wildman–Crippen MR) is 59.4 cm³/mol. The Bertz CT molecular complexity index is 255. The van der Waals surface area contributed by atoms with Crippen molar-refractivity contribution in [1.82, 2.24) is 15.1 Å². The lowest BCUT2D eigenvalue weighted by Crippen LogP contribution is -2.17. The Morgan fingerprint density at radius 2 is 2.29 bits per heavy atom. The van der Waals surface area contributed by atoms with Gasteiger partial charge in [-0.3, -0.25) is 4.68 Å². The van der Waals surface area contributed by atoms with Crippen LogP contribution in [0.25, 0.3) is 0 Å². The van der Waals surface area contributed by atoms with Gasteiger partial charge in [-0.15, -0.1) is 0 Å². The largest absolute Gasteiger partial charge is 0.317 e. The lowest BCUT2D eigenvalue weighted by Gasteiger charge is -2.09. The third kappa shape index (κ3) is 3.50. The summed E-state index contributed by atoms with van der Waals surface area (Å²) in [5.41, 5.74) is 1.34. The average molecular weight is 195 g/mol. The van der Waals surface area contributed by atoms with Gasteiger partial charge in [-0.1, -0.05) is 13.8 Å². The highest BCUT2D eigenvalue weighted by atomic mass is 15.2. The van der Waals surface area contributed by atoms with E-state index >= 15 is 0 Å². The van der Waals surface area contributed by atoms with E-state index < -0.39 is 0 Å². The molecule has 1 aromatic rings. The Morgan fingerprint density at radius 3 is 2.86 bits per heavy atom. The second kappa shape index (κ2) is 5.81. The monoisotopic (exact) mass is 195 g/mol. The van der Waals surface area contributed by atoms with Crippen LogP contribution in [0.4, 0.5) is 0 Å². The Hall–Kier alpha value is -0.830. The zero-order chi connectivity index (χ0) is 10.4. The second-order valence-electron chi connectivity index (χ2n) is 3.89. The van der Waals surface area contributed by atoms with E-state index in [0.29, 0.717) is 5.92 Å². The molecule has 0 amide bonds. The molecule has 0 aliphatic carbocycles. The summed E-state index contributed by atoms with van der Waals surface area (Å²) in [6, 6.07) is 0. The summed E-state index contributed by atoms with van der Waals surface area (Å²) in [5.74, 6) is 0.605. The first-order valence-electron chi connectivity index (χ1n) is 5.43. The average Bonchev–Trinajstić information content (AvgIpc) is 2.59. The number of hydrogen-bond donors (Lipinski definition) is 1. The molecule has 1 aromatic heterocycles. The topological polar surface area (TPSA) is 29.9 Å². The van der Waals surface area contributed by atoms with E-state index in [1.54, 1.807) is 0 Å². The van der Waals surface area contributed by atoms with Crippen LogP contribution in [-0.4, -0.2) is 22.9 Å². The highest BCUT2D eigenvalue weighted by molar-refractivity contribution is 5.09. The van der Waals surface area contributed by atoms with Crippen LogP contribution in [0, 0.1) is 0 Å². The minimum atomic E-state index is 0.605. The van der Waals surface area contributed by atoms with Crippen molar-refractivity contribution in [3.8, 4) is 0 Å². The molecule has 1 N–H and O–H groups in total. The first kappa shape index (κ1) is 11.2. The van der Waals surface area contributed by atoms with Crippen molar-refractivity contribution in [3.05, 3.63) is 18.0 Å². The molecule has 14 heavy (non-hydrogen) atoms. The maximum absolute atomic E-state index is 4.18. The normalized spacial score (nSPS) is 13.1. The lowest BCUT2D eigenvalue weighted by molar-refractivity contribution is 0.590. The van der Waals surface area contributed by atoms with Gasteiger partial charge in [0.1, 0.15) is 0 Å². The maximum atomic E-state index is 4.18. The van der Waals surface area contributed by atoms with Crippen molar-refractivity contribution in [1.29, 1.82) is 0 Å². The van der Waals surface area contributed by atoms with E-state index in [4.69, 9.17) is 0 Å². The molecule has 0 saturated heterocycles. The quantitative estimate of drug-likeness (QED) is 0.703. The van der Waals surface area contributed by atoms with Gasteiger partial charge in [0.05, 0.1) is 6.20 Å². The molecule has 0 aromatic carbocycles. The van der Waals surface area contributed by atoms with Gasteiger partial charge in [0.25, 0.3) is 0 Å². The second-order valence-corrected chi connectivity index (χ2v) is 3.89. The van der Waals surface area contributed by atoms with Crippen LogP contribution >= 0.6 is 0 Å². The Labute approximate surface area is 86.5 Å². The van der Waals surface area contributed by atoms with Crippen molar-refractivity contribution in [3.63, 3.8) is 0 Å². The Balaban J connectivity index is 2.25. The minimum absolute atomic E-state index is 0.605. The predicted octanol–water partition coefficient (Wildman–Crippen LogP) is 1.91. The molecule has 1 unspecified atom stereocenters. The molecular formula is C11H21N3. The van der Waals surface area contributed by atoms with Gasteiger partial charge in [-0.05, 0) is 37.4 Å². The number of nitrogens with zero attached hydrogens (tertiary/aromatic N) is 2. The molecule has 0 radical (unpaired) electrons. The summed E-state index contributed by atoms with van der Waals surface area (Å²) in [5, 5.41) is 7.59. The van der Waals surface area contributed by atoms with Gasteiger partial charge in [0.2, 0.25) is 0 Å². The molecule has 0 bridgehead atoms. The maximum Gasteiger partial charge on any atom is 0.0524 e. The van der Waals surface area contributed by atoms with E-state index in [1.165, 1.54) is 18.4 Å². The number of hydrogen-bond acceptors (Lipinski definition) is 2. The molecule has 3 nitrogen and oxygen atoms in total. The van der Waals surface area contributed by atoms with Gasteiger partial charge in [0, 0.05) is 13.2 Å². The summed E-state index contributed by atoms with van der Waals surface area (Å²) in [6.07, 6.45) is 6.46. The minimum Gasteiger partial charge on any atom is -0.317 e. The number of rotatable bonds is 6. The van der Waals surface area contributed by atoms with Crippen LogP contribution in [0.5, 0.6) is 0 Å². The molecule has 80 valence electrons. The Kier molecular flexibility index (Phi) is 4.66. The van der Waals surface area contributed by atoms with Crippen molar-refractivity contribution in [2.75, 3.05) is 13.1 Å². The molecule has 1 atom stereocenters. The van der Waals surface area contributed by atoms with Gasteiger partial charge in [-0.25, -0.2) is 0 Å². The summed E-state index contributed by atoms with van der Waals surface area (Å²) in [4.78, 5) is 0. The standard InChI is InChI=1S/C11H21N3/c1-4-6-12-7-5-10(2)11-8-13-14(3)9-11/h8-10,12H,4-7H2,1-3H3. The molecular weight excluding hydrogens is 174 g/mol. The molecule has 0 spiro atoms. The van der Waals surface area contributed by atoms with Crippen LogP contribution in [0.15, 0.2) is 12.4 Å². The molecule has 0 saturated carbocycles. The van der Waals surface area contributed by atoms with Crippen molar-refractivity contribution in [2.24, 2.45) is 7.05 Å². The van der Waals surface area contributed by atoms with Gasteiger partial charge in [0.15, 0.2) is 0 Å². The van der Waals surface area contributed by atoms with Gasteiger partial charge >= 0.3 is 0 Å². The molecule has 0 aliphatic heterocycles. The van der Waals surface area contributed by atoms with Crippen LogP contribution in [-0.2, 0) is 7.05 Å². The van der Waals surface area contributed by atoms with E-state index in [-0.39, 0.29) is 0 Å². The summed E-state index contributed by atoms with van der Waals surface area (Å²) in [7, 11) is 1.96. The molecule has 1 heterocycles. The van der Waals surface area contributed by atoms with E-state index in [1.807, 2.05) is 17.9 Å². The van der Waals surface area contributed by atoms with Crippen LogP contribution in [0.2, 0.25) is 0 Å². The zero-order valence-corrected chi connectivity index (χ0v) is 9.45. The zero-order valence-electron chi connectivity index (χ0n) is 9.45. The number of aromatic nitrogens is 2. The van der Waals surface area contributed by atoms with Crippen molar-refractivity contribution < 1.29 is 0 Å². The fraction of sp³-hybridized carbons (Fsp3) is 0.727. The van der Waals surface area contributed by atoms with Gasteiger partial charge < -0.3 is 5.32 Å². The molecule has 0 fully saturated rings. The van der Waals surface area contributed by atoms with Crippen molar-refractivity contribution >= 4 is 0 Å². The van der Waals surface area contributed by atoms with Crippen LogP contribution in [0.3, 0.4) is 0 Å². The highest BCUT2D eigenvalue weighted by Crippen LogP contribution is 2.16. The SMILES string of the molecule is CCCNCCC(C)c1cnn(C)c1. The van der Waals surface area contributed by atoms with E-state index in [0.717, 1.165) is 13.1 Å². The summed E-state index contributed by atoms with van der Waals surface area (Å²) >= 11 is 0. The molecule has 3 heteroatoms. The number of aryl methyl sites for hydroxylation is 1. The smallest absolute Gasteiger partial charge is 0.0524 e. The molecule has 0 aliphatic rings. The molecule has 1 rings (SSSR count). The third-order valence-corrected chi connectivity index (χ3v) is 2.47. The van der Waals surface area contributed by atoms with Crippen LogP contribution < -0.4 is 5.32 Å². The van der Waals surface area contributed by atoms with E-state index in [2.05, 4.69) is 30.5 Å². The van der Waals surface area contributed by atoms with Crippen molar-refractivity contribution in [2.45, 2.75) is 32.6 Å². The Morgan fingerprint density at radius 1 is 1.50 bits per heavy atom. The van der Waals surface area contributed by atoms with Gasteiger partial charge in [-0.2, -0.15) is 5.10 Å². The first-order valence-corrected chi connectivity index (χ1v) is 5.43. The first-order chi connectivity index (χ1) is 6.74. The summed E-state index contributed by atoms with van der Waals surface area (Å²) < 4.78 is 1.87. The number of nitrogens with one attached hydrogen (secondary N) is 1. The highest BCUT2D eigenvalue weighted by Gasteiger charge is 2.06. The van der Waals surface area contributed by atoms with Crippen LogP contribution in [0.1, 0.15) is 38.2 Å². The fourth-order valence-corrected chi connectivity index (χ4v) is 1.48. The summed E-state index contributed by atoms with van der Waals surface area (Å²) in [6.45, 7) is 6.67. The van der Waals surface area contributed by atoms with E-state index in [9.17, 15) is 0 Å².